The van der Waals surface area contributed by atoms with Crippen LogP contribution < -0.4 is 5.73 Å². The number of pyridine rings is 1. The number of likely N-dealkylation sites (tertiary alicyclic amines) is 1. The molecule has 2 atom stereocenters. The summed E-state index contributed by atoms with van der Waals surface area (Å²) < 4.78 is 27.3. The number of sulfonamides is 1. The third kappa shape index (κ3) is 3.98. The Hall–Kier alpha value is -3.31. The molecule has 1 aromatic heterocycles. The number of hydrogen-bond donors (Lipinski definition) is 2. The van der Waals surface area contributed by atoms with Crippen molar-refractivity contribution in [1.29, 1.82) is 0 Å². The van der Waals surface area contributed by atoms with E-state index in [1.54, 1.807) is 30.3 Å². The number of benzene rings is 1. The van der Waals surface area contributed by atoms with Gasteiger partial charge in [0.2, 0.25) is 15.9 Å². The van der Waals surface area contributed by atoms with E-state index in [4.69, 9.17) is 5.73 Å². The number of phenols is 1. The van der Waals surface area contributed by atoms with Crippen LogP contribution in [0.5, 0.6) is 5.75 Å². The van der Waals surface area contributed by atoms with Gasteiger partial charge in [0.25, 0.3) is 5.91 Å². The van der Waals surface area contributed by atoms with E-state index in [0.717, 1.165) is 14.8 Å². The van der Waals surface area contributed by atoms with E-state index in [1.807, 2.05) is 0 Å². The summed E-state index contributed by atoms with van der Waals surface area (Å²) in [4.78, 5) is 44.0. The van der Waals surface area contributed by atoms with Crippen LogP contribution in [0.3, 0.4) is 0 Å². The van der Waals surface area contributed by atoms with E-state index in [2.05, 4.69) is 4.98 Å². The van der Waals surface area contributed by atoms with Gasteiger partial charge in [0.1, 0.15) is 11.5 Å². The van der Waals surface area contributed by atoms with Gasteiger partial charge in [0, 0.05) is 19.2 Å². The highest BCUT2D eigenvalue weighted by molar-refractivity contribution is 7.88. The largest absolute Gasteiger partial charge is 0.508 e. The Morgan fingerprint density at radius 2 is 1.91 bits per heavy atom. The number of primary amides is 1. The summed E-state index contributed by atoms with van der Waals surface area (Å²) in [7, 11) is -4.00. The van der Waals surface area contributed by atoms with Gasteiger partial charge in [-0.15, -0.1) is 0 Å². The van der Waals surface area contributed by atoms with Gasteiger partial charge in [-0.1, -0.05) is 18.2 Å². The van der Waals surface area contributed by atoms with Gasteiger partial charge in [-0.2, -0.15) is 4.31 Å². The van der Waals surface area contributed by atoms with Crippen LogP contribution in [0.1, 0.15) is 24.1 Å². The molecule has 0 saturated carbocycles. The number of nitrogens with zero attached hydrogens (tertiary/aromatic N) is 3. The molecule has 2 fully saturated rings. The normalized spacial score (nSPS) is 23.0. The van der Waals surface area contributed by atoms with Gasteiger partial charge < -0.3 is 15.7 Å². The Morgan fingerprint density at radius 3 is 2.55 bits per heavy atom. The quantitative estimate of drug-likeness (QED) is 0.537. The molecular formula is C22H24N4O6S. The standard InChI is InChI=1S/C22H24N4O6S/c23-21(30)22-18(10-12-25(22)20(29)9-6-15-4-7-17(27)8-5-15)26(13-19(22)28)33(31,32)14-16-3-1-2-11-24-16/h1-5,7-8,11,18,27H,6,9-10,12-14H2,(H2,23,30). The van der Waals surface area contributed by atoms with Crippen molar-refractivity contribution in [2.75, 3.05) is 13.1 Å². The molecule has 2 amide bonds. The number of fused-ring (bicyclic) bond motifs is 1. The minimum absolute atomic E-state index is 0.000487. The first-order valence-electron chi connectivity index (χ1n) is 10.5. The van der Waals surface area contributed by atoms with Crippen molar-refractivity contribution in [3.8, 4) is 5.75 Å². The number of rotatable bonds is 7. The van der Waals surface area contributed by atoms with Gasteiger partial charge in [-0.3, -0.25) is 19.4 Å². The smallest absolute Gasteiger partial charge is 0.252 e. The molecule has 33 heavy (non-hydrogen) atoms. The first-order chi connectivity index (χ1) is 15.7. The number of hydrogen-bond acceptors (Lipinski definition) is 7. The zero-order valence-corrected chi connectivity index (χ0v) is 18.6. The Balaban J connectivity index is 1.57. The van der Waals surface area contributed by atoms with Crippen LogP contribution in [0.15, 0.2) is 48.7 Å². The Bertz CT molecular complexity index is 1190. The SMILES string of the molecule is NC(=O)C12C(=O)CN(S(=O)(=O)Cc3ccccn3)C1CCN2C(=O)CCc1ccc(O)cc1. The summed E-state index contributed by atoms with van der Waals surface area (Å²) in [6.07, 6.45) is 1.92. The lowest BCUT2D eigenvalue weighted by Gasteiger charge is -2.34. The van der Waals surface area contributed by atoms with Crippen molar-refractivity contribution in [1.82, 2.24) is 14.2 Å². The summed E-state index contributed by atoms with van der Waals surface area (Å²) in [6.45, 7) is -0.478. The first-order valence-corrected chi connectivity index (χ1v) is 12.1. The zero-order valence-electron chi connectivity index (χ0n) is 17.8. The van der Waals surface area contributed by atoms with E-state index in [-0.39, 0.29) is 25.1 Å². The molecule has 0 radical (unpaired) electrons. The fourth-order valence-corrected chi connectivity index (χ4v) is 6.40. The maximum Gasteiger partial charge on any atom is 0.252 e. The van der Waals surface area contributed by atoms with E-state index < -0.39 is 51.5 Å². The van der Waals surface area contributed by atoms with Gasteiger partial charge in [0.05, 0.1) is 18.3 Å². The second kappa shape index (κ2) is 8.56. The van der Waals surface area contributed by atoms with Crippen LogP contribution in [0.25, 0.3) is 0 Å². The number of amides is 2. The summed E-state index contributed by atoms with van der Waals surface area (Å²) in [5.74, 6) is -2.50. The zero-order chi connectivity index (χ0) is 23.8. The van der Waals surface area contributed by atoms with Crippen molar-refractivity contribution in [3.63, 3.8) is 0 Å². The fourth-order valence-electron chi connectivity index (χ4n) is 4.73. The van der Waals surface area contributed by atoms with Crippen LogP contribution >= 0.6 is 0 Å². The van der Waals surface area contributed by atoms with Crippen LogP contribution in [0, 0.1) is 0 Å². The minimum Gasteiger partial charge on any atom is -0.508 e. The van der Waals surface area contributed by atoms with Crippen molar-refractivity contribution < 1.29 is 27.9 Å². The van der Waals surface area contributed by atoms with E-state index in [1.165, 1.54) is 18.3 Å². The van der Waals surface area contributed by atoms with Crippen LogP contribution in [0.4, 0.5) is 0 Å². The predicted molar refractivity (Wildman–Crippen MR) is 117 cm³/mol. The van der Waals surface area contributed by atoms with Crippen molar-refractivity contribution >= 4 is 27.6 Å². The summed E-state index contributed by atoms with van der Waals surface area (Å²) in [5, 5.41) is 9.40. The molecule has 3 heterocycles. The number of aromatic hydroxyl groups is 1. The molecule has 2 unspecified atom stereocenters. The maximum absolute atomic E-state index is 13.1. The summed E-state index contributed by atoms with van der Waals surface area (Å²) >= 11 is 0. The van der Waals surface area contributed by atoms with E-state index in [9.17, 15) is 27.9 Å². The third-order valence-corrected chi connectivity index (χ3v) is 8.02. The number of Topliss-reactive ketones (excluding diaryl/α,β-unsaturated/α-hetero) is 1. The molecule has 0 spiro atoms. The molecular weight excluding hydrogens is 448 g/mol. The van der Waals surface area contributed by atoms with Crippen molar-refractivity contribution in [2.45, 2.75) is 36.6 Å². The monoisotopic (exact) mass is 472 g/mol. The van der Waals surface area contributed by atoms with Gasteiger partial charge in [0.15, 0.2) is 11.3 Å². The molecule has 1 aromatic carbocycles. The molecule has 11 heteroatoms. The van der Waals surface area contributed by atoms with Gasteiger partial charge in [-0.05, 0) is 42.7 Å². The average molecular weight is 473 g/mol. The lowest BCUT2D eigenvalue weighted by Crippen LogP contribution is -2.64. The molecule has 4 rings (SSSR count). The molecule has 10 nitrogen and oxygen atoms in total. The Labute approximate surface area is 191 Å². The summed E-state index contributed by atoms with van der Waals surface area (Å²) in [6, 6.07) is 10.2. The highest BCUT2D eigenvalue weighted by atomic mass is 32.2. The average Bonchev–Trinajstić information content (AvgIpc) is 3.31. The number of aromatic nitrogens is 1. The Morgan fingerprint density at radius 1 is 1.18 bits per heavy atom. The molecule has 2 saturated heterocycles. The molecule has 2 aliphatic rings. The number of nitrogens with two attached hydrogens (primary N) is 1. The lowest BCUT2D eigenvalue weighted by molar-refractivity contribution is -0.149. The van der Waals surface area contributed by atoms with Crippen LogP contribution in [0.2, 0.25) is 0 Å². The second-order valence-corrected chi connectivity index (χ2v) is 10.1. The fraction of sp³-hybridized carbons (Fsp3) is 0.364. The molecule has 0 aliphatic carbocycles. The maximum atomic E-state index is 13.1. The number of carbonyl (C=O) groups is 3. The number of aryl methyl sites for hydroxylation is 1. The van der Waals surface area contributed by atoms with E-state index >= 15 is 0 Å². The Kier molecular flexibility index (Phi) is 5.93. The van der Waals surface area contributed by atoms with Crippen LogP contribution in [-0.4, -0.2) is 70.0 Å². The highest BCUT2D eigenvalue weighted by Crippen LogP contribution is 2.41. The predicted octanol–water partition coefficient (Wildman–Crippen LogP) is -0.0405. The molecule has 2 aromatic rings. The topological polar surface area (TPSA) is 151 Å². The molecule has 3 N–H and O–H groups in total. The number of ketones is 1. The molecule has 174 valence electrons. The number of carbonyl (C=O) groups excluding carboxylic acids is 3. The molecule has 0 bridgehead atoms. The van der Waals surface area contributed by atoms with Crippen molar-refractivity contribution in [3.05, 3.63) is 59.9 Å². The first kappa shape index (κ1) is 22.9. The van der Waals surface area contributed by atoms with Crippen molar-refractivity contribution in [2.24, 2.45) is 5.73 Å². The van der Waals surface area contributed by atoms with Gasteiger partial charge >= 0.3 is 0 Å². The molecule has 2 aliphatic heterocycles. The van der Waals surface area contributed by atoms with Crippen LogP contribution in [-0.2, 0) is 36.6 Å². The minimum atomic E-state index is -4.00. The third-order valence-electron chi connectivity index (χ3n) is 6.26. The number of phenolic OH excluding ortho intramolecular Hbond substituents is 1. The summed E-state index contributed by atoms with van der Waals surface area (Å²) in [5.41, 5.74) is 4.75. The van der Waals surface area contributed by atoms with Gasteiger partial charge in [-0.25, -0.2) is 8.42 Å². The lowest BCUT2D eigenvalue weighted by atomic mass is 9.89. The van der Waals surface area contributed by atoms with E-state index in [0.29, 0.717) is 12.1 Å². The second-order valence-electron chi connectivity index (χ2n) is 8.19. The highest BCUT2D eigenvalue weighted by Gasteiger charge is 2.68.